The lowest BCUT2D eigenvalue weighted by Gasteiger charge is -2.02. The van der Waals surface area contributed by atoms with Gasteiger partial charge < -0.3 is 5.32 Å². The summed E-state index contributed by atoms with van der Waals surface area (Å²) in [5, 5.41) is 8.00. The minimum absolute atomic E-state index is 0.202. The number of aromatic nitrogens is 1. The van der Waals surface area contributed by atoms with Crippen LogP contribution in [0.15, 0.2) is 59.7 Å². The first-order valence-electron chi connectivity index (χ1n) is 7.50. The normalized spacial score (nSPS) is 10.8. The number of nitrogens with zero attached hydrogens (tertiary/aromatic N) is 2. The molecule has 1 amide bonds. The van der Waals surface area contributed by atoms with Crippen molar-refractivity contribution in [3.8, 4) is 11.3 Å². The van der Waals surface area contributed by atoms with Crippen LogP contribution in [0.5, 0.6) is 0 Å². The maximum atomic E-state index is 13.1. The van der Waals surface area contributed by atoms with Gasteiger partial charge in [0.15, 0.2) is 0 Å². The van der Waals surface area contributed by atoms with E-state index in [-0.39, 0.29) is 11.7 Å². The molecule has 0 bridgehead atoms. The summed E-state index contributed by atoms with van der Waals surface area (Å²) in [5.41, 5.74) is 5.09. The number of hydrogen-bond donors (Lipinski definition) is 2. The molecular formula is C18H15FN4OS. The Morgan fingerprint density at radius 2 is 1.88 bits per heavy atom. The van der Waals surface area contributed by atoms with E-state index in [4.69, 9.17) is 0 Å². The minimum atomic E-state index is -0.328. The zero-order valence-electron chi connectivity index (χ0n) is 13.4. The van der Waals surface area contributed by atoms with Crippen LogP contribution in [0.2, 0.25) is 0 Å². The third-order valence-corrected chi connectivity index (χ3v) is 4.08. The van der Waals surface area contributed by atoms with Crippen molar-refractivity contribution in [3.05, 3.63) is 66.0 Å². The van der Waals surface area contributed by atoms with Gasteiger partial charge in [-0.25, -0.2) is 9.37 Å². The fraction of sp³-hybridized carbons (Fsp3) is 0.0556. The van der Waals surface area contributed by atoms with E-state index in [1.54, 1.807) is 18.3 Å². The van der Waals surface area contributed by atoms with E-state index in [0.717, 1.165) is 5.56 Å². The van der Waals surface area contributed by atoms with Gasteiger partial charge in [0.1, 0.15) is 16.5 Å². The number of rotatable bonds is 5. The molecule has 0 saturated carbocycles. The van der Waals surface area contributed by atoms with E-state index in [0.29, 0.717) is 21.4 Å². The van der Waals surface area contributed by atoms with Crippen molar-refractivity contribution in [2.45, 2.75) is 6.92 Å². The third-order valence-electron chi connectivity index (χ3n) is 3.21. The molecule has 0 radical (unpaired) electrons. The van der Waals surface area contributed by atoms with E-state index in [1.165, 1.54) is 30.4 Å². The largest absolute Gasteiger partial charge is 0.316 e. The minimum Gasteiger partial charge on any atom is -0.316 e. The fourth-order valence-corrected chi connectivity index (χ4v) is 3.00. The molecule has 0 fully saturated rings. The molecule has 0 aliphatic rings. The SMILES string of the molecule is CC(=O)Nc1sc(N/N=C\c2ccccc2)nc1-c1ccc(F)cc1. The Balaban J connectivity index is 1.84. The number of hydrazone groups is 1. The molecule has 5 nitrogen and oxygen atoms in total. The quantitative estimate of drug-likeness (QED) is 0.529. The average Bonchev–Trinajstić information content (AvgIpc) is 2.98. The van der Waals surface area contributed by atoms with E-state index in [1.807, 2.05) is 30.3 Å². The monoisotopic (exact) mass is 354 g/mol. The van der Waals surface area contributed by atoms with Gasteiger partial charge >= 0.3 is 0 Å². The Labute approximate surface area is 148 Å². The van der Waals surface area contributed by atoms with Gasteiger partial charge in [-0.15, -0.1) is 0 Å². The lowest BCUT2D eigenvalue weighted by atomic mass is 10.1. The van der Waals surface area contributed by atoms with E-state index in [2.05, 4.69) is 20.8 Å². The zero-order valence-corrected chi connectivity index (χ0v) is 14.2. The molecule has 3 aromatic rings. The van der Waals surface area contributed by atoms with Gasteiger partial charge in [0.05, 0.1) is 6.21 Å². The summed E-state index contributed by atoms with van der Waals surface area (Å²) in [6.45, 7) is 1.43. The molecule has 1 aromatic heterocycles. The van der Waals surface area contributed by atoms with Gasteiger partial charge in [0.2, 0.25) is 11.0 Å². The van der Waals surface area contributed by atoms with Crippen LogP contribution in [0.3, 0.4) is 0 Å². The van der Waals surface area contributed by atoms with Crippen LogP contribution in [0.1, 0.15) is 12.5 Å². The van der Waals surface area contributed by atoms with E-state index < -0.39 is 0 Å². The van der Waals surface area contributed by atoms with Gasteiger partial charge in [-0.2, -0.15) is 5.10 Å². The molecule has 0 aliphatic carbocycles. The lowest BCUT2D eigenvalue weighted by molar-refractivity contribution is -0.114. The molecule has 2 aromatic carbocycles. The van der Waals surface area contributed by atoms with Crippen LogP contribution in [0.4, 0.5) is 14.5 Å². The summed E-state index contributed by atoms with van der Waals surface area (Å²) in [7, 11) is 0. The second kappa shape index (κ2) is 7.67. The van der Waals surface area contributed by atoms with E-state index in [9.17, 15) is 9.18 Å². The molecule has 126 valence electrons. The molecule has 3 rings (SSSR count). The smallest absolute Gasteiger partial charge is 0.221 e. The van der Waals surface area contributed by atoms with Crippen LogP contribution in [0.25, 0.3) is 11.3 Å². The second-order valence-electron chi connectivity index (χ2n) is 5.17. The number of hydrogen-bond acceptors (Lipinski definition) is 5. The number of carbonyl (C=O) groups is 1. The van der Waals surface area contributed by atoms with Crippen molar-refractivity contribution >= 4 is 33.6 Å². The van der Waals surface area contributed by atoms with Crippen molar-refractivity contribution in [3.63, 3.8) is 0 Å². The molecule has 7 heteroatoms. The van der Waals surface area contributed by atoms with Crippen molar-refractivity contribution < 1.29 is 9.18 Å². The molecule has 0 unspecified atom stereocenters. The van der Waals surface area contributed by atoms with E-state index >= 15 is 0 Å². The Bertz CT molecular complexity index is 891. The average molecular weight is 354 g/mol. The number of anilines is 2. The second-order valence-corrected chi connectivity index (χ2v) is 6.16. The van der Waals surface area contributed by atoms with Crippen LogP contribution >= 0.6 is 11.3 Å². The summed E-state index contributed by atoms with van der Waals surface area (Å²) < 4.78 is 13.1. The molecule has 1 heterocycles. The standard InChI is InChI=1S/C18H15FN4OS/c1-12(24)21-17-16(14-7-9-15(19)10-8-14)22-18(25-17)23-20-11-13-5-3-2-4-6-13/h2-11H,1H3,(H,21,24)(H,22,23)/b20-11-. The van der Waals surface area contributed by atoms with Gasteiger partial charge in [-0.1, -0.05) is 41.7 Å². The molecule has 0 aliphatic heterocycles. The Morgan fingerprint density at radius 3 is 2.56 bits per heavy atom. The highest BCUT2D eigenvalue weighted by atomic mass is 32.1. The molecule has 0 atom stereocenters. The molecule has 25 heavy (non-hydrogen) atoms. The maximum Gasteiger partial charge on any atom is 0.221 e. The molecule has 2 N–H and O–H groups in total. The summed E-state index contributed by atoms with van der Waals surface area (Å²) >= 11 is 1.26. The Morgan fingerprint density at radius 1 is 1.16 bits per heavy atom. The number of thiazole rings is 1. The van der Waals surface area contributed by atoms with Crippen LogP contribution < -0.4 is 10.7 Å². The number of carbonyl (C=O) groups excluding carboxylic acids is 1. The van der Waals surface area contributed by atoms with Crippen LogP contribution in [-0.4, -0.2) is 17.1 Å². The first-order chi connectivity index (χ1) is 12.1. The number of halogens is 1. The summed E-state index contributed by atoms with van der Waals surface area (Å²) in [5.74, 6) is -0.530. The topological polar surface area (TPSA) is 66.4 Å². The highest BCUT2D eigenvalue weighted by Gasteiger charge is 2.14. The first kappa shape index (κ1) is 16.8. The summed E-state index contributed by atoms with van der Waals surface area (Å²) in [4.78, 5) is 15.9. The first-order valence-corrected chi connectivity index (χ1v) is 8.32. The number of benzene rings is 2. The molecular weight excluding hydrogens is 339 g/mol. The number of amides is 1. The Hall–Kier alpha value is -3.06. The zero-order chi connectivity index (χ0) is 17.6. The predicted octanol–water partition coefficient (Wildman–Crippen LogP) is 4.35. The summed E-state index contributed by atoms with van der Waals surface area (Å²) in [6, 6.07) is 15.6. The highest BCUT2D eigenvalue weighted by molar-refractivity contribution is 7.20. The third kappa shape index (κ3) is 4.48. The van der Waals surface area contributed by atoms with Gasteiger partial charge in [-0.05, 0) is 29.8 Å². The predicted molar refractivity (Wildman–Crippen MR) is 99.5 cm³/mol. The maximum absolute atomic E-state index is 13.1. The summed E-state index contributed by atoms with van der Waals surface area (Å²) in [6.07, 6.45) is 1.68. The molecule has 0 saturated heterocycles. The van der Waals surface area contributed by atoms with Crippen molar-refractivity contribution in [1.82, 2.24) is 4.98 Å². The van der Waals surface area contributed by atoms with Crippen molar-refractivity contribution in [2.75, 3.05) is 10.7 Å². The lowest BCUT2D eigenvalue weighted by Crippen LogP contribution is -2.05. The van der Waals surface area contributed by atoms with Crippen molar-refractivity contribution in [1.29, 1.82) is 0 Å². The van der Waals surface area contributed by atoms with Crippen LogP contribution in [-0.2, 0) is 4.79 Å². The molecule has 0 spiro atoms. The fourth-order valence-electron chi connectivity index (χ4n) is 2.12. The van der Waals surface area contributed by atoms with Gasteiger partial charge in [0, 0.05) is 12.5 Å². The Kier molecular flexibility index (Phi) is 5.15. The van der Waals surface area contributed by atoms with Crippen molar-refractivity contribution in [2.24, 2.45) is 5.10 Å². The van der Waals surface area contributed by atoms with Gasteiger partial charge in [0.25, 0.3) is 0 Å². The van der Waals surface area contributed by atoms with Crippen LogP contribution in [0, 0.1) is 5.82 Å². The van der Waals surface area contributed by atoms with Gasteiger partial charge in [-0.3, -0.25) is 10.2 Å². The highest BCUT2D eigenvalue weighted by Crippen LogP contribution is 2.35. The number of nitrogens with one attached hydrogen (secondary N) is 2.